The van der Waals surface area contributed by atoms with Gasteiger partial charge in [0.1, 0.15) is 0 Å². The lowest BCUT2D eigenvalue weighted by molar-refractivity contribution is 0.0151. The molecular weight excluding hydrogens is 246 g/mol. The Hall–Kier alpha value is -0.860. The molecule has 2 rings (SSSR count). The van der Waals surface area contributed by atoms with Crippen molar-refractivity contribution < 1.29 is 4.74 Å². The van der Waals surface area contributed by atoms with Crippen molar-refractivity contribution in [2.75, 3.05) is 13.7 Å². The quantitative estimate of drug-likeness (QED) is 0.843. The highest BCUT2D eigenvalue weighted by Gasteiger charge is 2.22. The van der Waals surface area contributed by atoms with E-state index >= 15 is 0 Å². The largest absolute Gasteiger partial charge is 0.379 e. The van der Waals surface area contributed by atoms with Gasteiger partial charge < -0.3 is 10.1 Å². The van der Waals surface area contributed by atoms with Crippen LogP contribution in [-0.4, -0.2) is 25.3 Å². The summed E-state index contributed by atoms with van der Waals surface area (Å²) in [6, 6.07) is 11.7. The summed E-state index contributed by atoms with van der Waals surface area (Å²) < 4.78 is 5.46. The van der Waals surface area contributed by atoms with Crippen molar-refractivity contribution in [3.63, 3.8) is 0 Å². The molecule has 1 fully saturated rings. The number of nitrogens with one attached hydrogen (secondary N) is 1. The van der Waals surface area contributed by atoms with Gasteiger partial charge in [-0.15, -0.1) is 0 Å². The Balaban J connectivity index is 1.70. The van der Waals surface area contributed by atoms with Gasteiger partial charge in [-0.3, -0.25) is 0 Å². The van der Waals surface area contributed by atoms with Crippen LogP contribution in [0.5, 0.6) is 0 Å². The van der Waals surface area contributed by atoms with Gasteiger partial charge in [-0.25, -0.2) is 0 Å². The van der Waals surface area contributed by atoms with Gasteiger partial charge in [-0.05, 0) is 64.0 Å². The standard InChI is InChI=1S/C18H29NO/c1-18(2,20-3)13-14-19-17-11-9-16(10-12-17)15-7-5-4-6-8-15/h4-8,16-17,19H,9-14H2,1-3H3. The molecule has 0 amide bonds. The second kappa shape index (κ2) is 7.24. The Kier molecular flexibility index (Phi) is 5.62. The Labute approximate surface area is 123 Å². The van der Waals surface area contributed by atoms with Crippen molar-refractivity contribution >= 4 is 0 Å². The Morgan fingerprint density at radius 3 is 2.35 bits per heavy atom. The summed E-state index contributed by atoms with van der Waals surface area (Å²) in [7, 11) is 1.80. The average molecular weight is 275 g/mol. The van der Waals surface area contributed by atoms with Crippen LogP contribution in [0, 0.1) is 0 Å². The van der Waals surface area contributed by atoms with Crippen LogP contribution in [0.4, 0.5) is 0 Å². The molecule has 1 aromatic rings. The van der Waals surface area contributed by atoms with E-state index in [0.717, 1.165) is 18.9 Å². The number of hydrogen-bond acceptors (Lipinski definition) is 2. The maximum Gasteiger partial charge on any atom is 0.0634 e. The van der Waals surface area contributed by atoms with Crippen LogP contribution in [-0.2, 0) is 4.74 Å². The van der Waals surface area contributed by atoms with Crippen molar-refractivity contribution in [1.29, 1.82) is 0 Å². The minimum atomic E-state index is -0.00571. The molecule has 0 radical (unpaired) electrons. The van der Waals surface area contributed by atoms with E-state index in [-0.39, 0.29) is 5.60 Å². The predicted octanol–water partition coefficient (Wildman–Crippen LogP) is 4.12. The van der Waals surface area contributed by atoms with Crippen LogP contribution in [0.1, 0.15) is 57.4 Å². The van der Waals surface area contributed by atoms with E-state index in [0.29, 0.717) is 6.04 Å². The number of hydrogen-bond donors (Lipinski definition) is 1. The zero-order valence-electron chi connectivity index (χ0n) is 13.2. The third-order valence-electron chi connectivity index (χ3n) is 4.71. The smallest absolute Gasteiger partial charge is 0.0634 e. The molecule has 1 N–H and O–H groups in total. The van der Waals surface area contributed by atoms with Crippen molar-refractivity contribution in [3.05, 3.63) is 35.9 Å². The molecule has 0 bridgehead atoms. The van der Waals surface area contributed by atoms with Gasteiger partial charge in [0.15, 0.2) is 0 Å². The normalized spacial score (nSPS) is 23.8. The van der Waals surface area contributed by atoms with Gasteiger partial charge in [-0.2, -0.15) is 0 Å². The van der Waals surface area contributed by atoms with Crippen LogP contribution in [0.25, 0.3) is 0 Å². The Morgan fingerprint density at radius 1 is 1.10 bits per heavy atom. The first-order valence-electron chi connectivity index (χ1n) is 7.94. The summed E-state index contributed by atoms with van der Waals surface area (Å²) in [4.78, 5) is 0. The van der Waals surface area contributed by atoms with E-state index in [1.165, 1.54) is 31.2 Å². The van der Waals surface area contributed by atoms with Crippen molar-refractivity contribution in [2.24, 2.45) is 0 Å². The van der Waals surface area contributed by atoms with Crippen LogP contribution < -0.4 is 5.32 Å². The van der Waals surface area contributed by atoms with E-state index in [9.17, 15) is 0 Å². The van der Waals surface area contributed by atoms with E-state index in [4.69, 9.17) is 4.74 Å². The lowest BCUT2D eigenvalue weighted by Gasteiger charge is -2.31. The first-order valence-corrected chi connectivity index (χ1v) is 7.94. The molecule has 1 saturated carbocycles. The second-order valence-electron chi connectivity index (χ2n) is 6.63. The van der Waals surface area contributed by atoms with Gasteiger partial charge in [0.2, 0.25) is 0 Å². The molecule has 0 atom stereocenters. The number of rotatable bonds is 6. The minimum absolute atomic E-state index is 0.00571. The molecule has 1 aromatic carbocycles. The van der Waals surface area contributed by atoms with E-state index in [1.54, 1.807) is 7.11 Å². The highest BCUT2D eigenvalue weighted by atomic mass is 16.5. The highest BCUT2D eigenvalue weighted by molar-refractivity contribution is 5.20. The third kappa shape index (κ3) is 4.60. The molecule has 1 aliphatic carbocycles. The molecule has 20 heavy (non-hydrogen) atoms. The number of methoxy groups -OCH3 is 1. The Morgan fingerprint density at radius 2 is 1.75 bits per heavy atom. The zero-order valence-corrected chi connectivity index (χ0v) is 13.2. The van der Waals surface area contributed by atoms with Gasteiger partial charge in [0.05, 0.1) is 5.60 Å². The summed E-state index contributed by atoms with van der Waals surface area (Å²) in [5, 5.41) is 3.70. The van der Waals surface area contributed by atoms with Gasteiger partial charge in [0.25, 0.3) is 0 Å². The molecule has 0 heterocycles. The molecular formula is C18H29NO. The molecule has 0 aromatic heterocycles. The SMILES string of the molecule is COC(C)(C)CCNC1CCC(c2ccccc2)CC1. The van der Waals surface area contributed by atoms with Gasteiger partial charge in [-0.1, -0.05) is 30.3 Å². The van der Waals surface area contributed by atoms with Crippen LogP contribution in [0.2, 0.25) is 0 Å². The summed E-state index contributed by atoms with van der Waals surface area (Å²) >= 11 is 0. The van der Waals surface area contributed by atoms with Crippen molar-refractivity contribution in [1.82, 2.24) is 5.32 Å². The average Bonchev–Trinajstić information content (AvgIpc) is 2.49. The topological polar surface area (TPSA) is 21.3 Å². The number of benzene rings is 1. The molecule has 0 spiro atoms. The van der Waals surface area contributed by atoms with Crippen LogP contribution in [0.3, 0.4) is 0 Å². The van der Waals surface area contributed by atoms with E-state index in [1.807, 2.05) is 0 Å². The fraction of sp³-hybridized carbons (Fsp3) is 0.667. The van der Waals surface area contributed by atoms with Crippen molar-refractivity contribution in [2.45, 2.75) is 63.5 Å². The summed E-state index contributed by atoms with van der Waals surface area (Å²) in [6.07, 6.45) is 6.30. The fourth-order valence-corrected chi connectivity index (χ4v) is 3.04. The molecule has 0 saturated heterocycles. The summed E-state index contributed by atoms with van der Waals surface area (Å²) in [6.45, 7) is 5.36. The van der Waals surface area contributed by atoms with E-state index in [2.05, 4.69) is 49.5 Å². The maximum absolute atomic E-state index is 5.46. The summed E-state index contributed by atoms with van der Waals surface area (Å²) in [5.74, 6) is 0.768. The van der Waals surface area contributed by atoms with Crippen LogP contribution >= 0.6 is 0 Å². The first-order chi connectivity index (χ1) is 9.61. The summed E-state index contributed by atoms with van der Waals surface area (Å²) in [5.41, 5.74) is 1.51. The van der Waals surface area contributed by atoms with Gasteiger partial charge in [0, 0.05) is 13.2 Å². The lowest BCUT2D eigenvalue weighted by Crippen LogP contribution is -2.36. The molecule has 0 aliphatic heterocycles. The predicted molar refractivity (Wildman–Crippen MR) is 85.1 cm³/mol. The third-order valence-corrected chi connectivity index (χ3v) is 4.71. The Bertz CT molecular complexity index is 380. The molecule has 2 nitrogen and oxygen atoms in total. The first kappa shape index (κ1) is 15.5. The van der Waals surface area contributed by atoms with E-state index < -0.39 is 0 Å². The molecule has 0 unspecified atom stereocenters. The molecule has 2 heteroatoms. The maximum atomic E-state index is 5.46. The lowest BCUT2D eigenvalue weighted by atomic mass is 9.82. The fourth-order valence-electron chi connectivity index (χ4n) is 3.04. The zero-order chi connectivity index (χ0) is 14.4. The monoisotopic (exact) mass is 275 g/mol. The number of ether oxygens (including phenoxy) is 1. The highest BCUT2D eigenvalue weighted by Crippen LogP contribution is 2.32. The van der Waals surface area contributed by atoms with Gasteiger partial charge >= 0.3 is 0 Å². The second-order valence-corrected chi connectivity index (χ2v) is 6.63. The van der Waals surface area contributed by atoms with Crippen molar-refractivity contribution in [3.8, 4) is 0 Å². The molecule has 1 aliphatic rings. The van der Waals surface area contributed by atoms with Crippen LogP contribution in [0.15, 0.2) is 30.3 Å². The molecule has 112 valence electrons. The minimum Gasteiger partial charge on any atom is -0.379 e.